The number of ether oxygens (including phenoxy) is 1. The molecule has 4 nitrogen and oxygen atoms in total. The van der Waals surface area contributed by atoms with Gasteiger partial charge in [-0.05, 0) is 25.5 Å². The van der Waals surface area contributed by atoms with E-state index in [-0.39, 0.29) is 5.78 Å². The molecule has 5 heteroatoms. The molecule has 0 N–H and O–H groups in total. The van der Waals surface area contributed by atoms with Crippen molar-refractivity contribution >= 4 is 17.4 Å². The van der Waals surface area contributed by atoms with Gasteiger partial charge in [0.25, 0.3) is 0 Å². The van der Waals surface area contributed by atoms with E-state index in [4.69, 9.17) is 16.3 Å². The molecule has 0 unspecified atom stereocenters. The van der Waals surface area contributed by atoms with Gasteiger partial charge in [-0.3, -0.25) is 9.48 Å². The molecular weight excluding hydrogens is 276 g/mol. The summed E-state index contributed by atoms with van der Waals surface area (Å²) in [7, 11) is 1.61. The fourth-order valence-electron chi connectivity index (χ4n) is 2.04. The van der Waals surface area contributed by atoms with Crippen LogP contribution in [0.3, 0.4) is 0 Å². The Bertz CT molecular complexity index is 635. The van der Waals surface area contributed by atoms with E-state index in [0.717, 1.165) is 11.1 Å². The average Bonchev–Trinajstić information content (AvgIpc) is 2.79. The van der Waals surface area contributed by atoms with Crippen molar-refractivity contribution in [2.75, 3.05) is 13.7 Å². The van der Waals surface area contributed by atoms with E-state index in [9.17, 15) is 4.79 Å². The van der Waals surface area contributed by atoms with Crippen LogP contribution in [-0.4, -0.2) is 29.3 Å². The quantitative estimate of drug-likeness (QED) is 0.796. The second kappa shape index (κ2) is 6.20. The Morgan fingerprint density at radius 1 is 1.40 bits per heavy atom. The Balaban J connectivity index is 2.42. The number of benzene rings is 1. The number of aryl methyl sites for hydroxylation is 2. The van der Waals surface area contributed by atoms with Crippen LogP contribution in [0.1, 0.15) is 27.2 Å². The maximum Gasteiger partial charge on any atom is 0.212 e. The van der Waals surface area contributed by atoms with Crippen molar-refractivity contribution in [3.63, 3.8) is 0 Å². The normalized spacial score (nSPS) is 10.8. The molecule has 0 atom stereocenters. The second-order valence-electron chi connectivity index (χ2n) is 4.70. The predicted molar refractivity (Wildman–Crippen MR) is 78.5 cm³/mol. The fraction of sp³-hybridized carbons (Fsp3) is 0.333. The number of hydrogen-bond acceptors (Lipinski definition) is 3. The molecule has 1 heterocycles. The summed E-state index contributed by atoms with van der Waals surface area (Å²) in [5, 5.41) is 4.50. The Morgan fingerprint density at radius 3 is 2.85 bits per heavy atom. The maximum atomic E-state index is 12.7. The standard InChI is InChI=1S/C15H17ClN2O2/c1-10-4-5-11(2)12(8-10)15(19)14-13(16)9-17-18(14)6-7-20-3/h4-5,8-9H,6-7H2,1-3H3. The van der Waals surface area contributed by atoms with Crippen LogP contribution in [0.4, 0.5) is 0 Å². The number of hydrogen-bond donors (Lipinski definition) is 0. The molecule has 0 aliphatic carbocycles. The molecule has 0 bridgehead atoms. The summed E-state index contributed by atoms with van der Waals surface area (Å²) >= 11 is 6.12. The molecule has 1 aromatic carbocycles. The van der Waals surface area contributed by atoms with Gasteiger partial charge in [-0.1, -0.05) is 29.3 Å². The van der Waals surface area contributed by atoms with Crippen LogP contribution in [-0.2, 0) is 11.3 Å². The fourth-order valence-corrected chi connectivity index (χ4v) is 2.27. The number of aromatic nitrogens is 2. The lowest BCUT2D eigenvalue weighted by Crippen LogP contribution is -2.15. The molecule has 2 aromatic rings. The number of carbonyl (C=O) groups excluding carboxylic acids is 1. The number of carbonyl (C=O) groups is 1. The van der Waals surface area contributed by atoms with E-state index in [2.05, 4.69) is 5.10 Å². The zero-order chi connectivity index (χ0) is 14.7. The average molecular weight is 293 g/mol. The third-order valence-corrected chi connectivity index (χ3v) is 3.43. The summed E-state index contributed by atoms with van der Waals surface area (Å²) in [5.74, 6) is -0.107. The Morgan fingerprint density at radius 2 is 2.15 bits per heavy atom. The van der Waals surface area contributed by atoms with Crippen molar-refractivity contribution in [2.45, 2.75) is 20.4 Å². The molecule has 0 radical (unpaired) electrons. The molecular formula is C15H17ClN2O2. The van der Waals surface area contributed by atoms with E-state index in [0.29, 0.717) is 29.4 Å². The van der Waals surface area contributed by atoms with Crippen LogP contribution in [0, 0.1) is 13.8 Å². The first kappa shape index (κ1) is 14.8. The molecule has 1 aromatic heterocycles. The predicted octanol–water partition coefficient (Wildman–Crippen LogP) is 3.03. The molecule has 0 amide bonds. The van der Waals surface area contributed by atoms with E-state index in [1.807, 2.05) is 32.0 Å². The molecule has 0 saturated heterocycles. The third-order valence-electron chi connectivity index (χ3n) is 3.15. The summed E-state index contributed by atoms with van der Waals surface area (Å²) in [5.41, 5.74) is 3.04. The van der Waals surface area contributed by atoms with Crippen molar-refractivity contribution in [1.82, 2.24) is 9.78 Å². The molecule has 0 aliphatic rings. The minimum absolute atomic E-state index is 0.107. The molecule has 106 valence electrons. The summed E-state index contributed by atoms with van der Waals surface area (Å²) in [6, 6.07) is 5.80. The van der Waals surface area contributed by atoms with Crippen molar-refractivity contribution < 1.29 is 9.53 Å². The number of halogens is 1. The maximum absolute atomic E-state index is 12.7. The summed E-state index contributed by atoms with van der Waals surface area (Å²) in [6.45, 7) is 4.84. The molecule has 0 fully saturated rings. The minimum Gasteiger partial charge on any atom is -0.383 e. The summed E-state index contributed by atoms with van der Waals surface area (Å²) in [6.07, 6.45) is 1.50. The SMILES string of the molecule is COCCn1ncc(Cl)c1C(=O)c1cc(C)ccc1C. The van der Waals surface area contributed by atoms with Gasteiger partial charge < -0.3 is 4.74 Å². The second-order valence-corrected chi connectivity index (χ2v) is 5.11. The van der Waals surface area contributed by atoms with Crippen molar-refractivity contribution in [1.29, 1.82) is 0 Å². The zero-order valence-corrected chi connectivity index (χ0v) is 12.6. The number of rotatable bonds is 5. The zero-order valence-electron chi connectivity index (χ0n) is 11.8. The van der Waals surface area contributed by atoms with Crippen LogP contribution in [0.15, 0.2) is 24.4 Å². The van der Waals surface area contributed by atoms with Gasteiger partial charge in [0.1, 0.15) is 5.69 Å². The lowest BCUT2D eigenvalue weighted by molar-refractivity contribution is 0.102. The first-order valence-corrected chi connectivity index (χ1v) is 6.74. The first-order chi connectivity index (χ1) is 9.54. The number of nitrogens with zero attached hydrogens (tertiary/aromatic N) is 2. The molecule has 0 spiro atoms. The third kappa shape index (κ3) is 2.92. The minimum atomic E-state index is -0.107. The van der Waals surface area contributed by atoms with E-state index in [1.54, 1.807) is 11.8 Å². The molecule has 20 heavy (non-hydrogen) atoms. The van der Waals surface area contributed by atoms with Crippen LogP contribution >= 0.6 is 11.6 Å². The topological polar surface area (TPSA) is 44.1 Å². The largest absolute Gasteiger partial charge is 0.383 e. The van der Waals surface area contributed by atoms with Gasteiger partial charge in [-0.2, -0.15) is 5.10 Å². The molecule has 0 aliphatic heterocycles. The van der Waals surface area contributed by atoms with E-state index < -0.39 is 0 Å². The van der Waals surface area contributed by atoms with Crippen molar-refractivity contribution in [3.05, 3.63) is 51.8 Å². The van der Waals surface area contributed by atoms with Crippen LogP contribution < -0.4 is 0 Å². The van der Waals surface area contributed by atoms with Crippen LogP contribution in [0.5, 0.6) is 0 Å². The van der Waals surface area contributed by atoms with Gasteiger partial charge in [-0.25, -0.2) is 0 Å². The van der Waals surface area contributed by atoms with Gasteiger partial charge >= 0.3 is 0 Å². The lowest BCUT2D eigenvalue weighted by atomic mass is 10.0. The highest BCUT2D eigenvalue weighted by Crippen LogP contribution is 2.22. The van der Waals surface area contributed by atoms with Gasteiger partial charge in [-0.15, -0.1) is 0 Å². The van der Waals surface area contributed by atoms with Crippen LogP contribution in [0.2, 0.25) is 5.02 Å². The van der Waals surface area contributed by atoms with Gasteiger partial charge in [0, 0.05) is 12.7 Å². The Labute approximate surface area is 123 Å². The first-order valence-electron chi connectivity index (χ1n) is 6.36. The number of ketones is 1. The Kier molecular flexibility index (Phi) is 4.57. The molecule has 0 saturated carbocycles. The highest BCUT2D eigenvalue weighted by molar-refractivity contribution is 6.34. The van der Waals surface area contributed by atoms with E-state index in [1.165, 1.54) is 6.20 Å². The van der Waals surface area contributed by atoms with Gasteiger partial charge in [0.2, 0.25) is 5.78 Å². The van der Waals surface area contributed by atoms with Gasteiger partial charge in [0.05, 0.1) is 24.4 Å². The highest BCUT2D eigenvalue weighted by Gasteiger charge is 2.20. The summed E-state index contributed by atoms with van der Waals surface area (Å²) < 4.78 is 6.62. The monoisotopic (exact) mass is 292 g/mol. The smallest absolute Gasteiger partial charge is 0.212 e. The van der Waals surface area contributed by atoms with Crippen molar-refractivity contribution in [2.24, 2.45) is 0 Å². The number of methoxy groups -OCH3 is 1. The van der Waals surface area contributed by atoms with Crippen molar-refractivity contribution in [3.8, 4) is 0 Å². The lowest BCUT2D eigenvalue weighted by Gasteiger charge is -2.09. The van der Waals surface area contributed by atoms with Crippen LogP contribution in [0.25, 0.3) is 0 Å². The highest BCUT2D eigenvalue weighted by atomic mass is 35.5. The summed E-state index contributed by atoms with van der Waals surface area (Å²) in [4.78, 5) is 12.7. The molecule has 2 rings (SSSR count). The van der Waals surface area contributed by atoms with E-state index >= 15 is 0 Å². The van der Waals surface area contributed by atoms with Gasteiger partial charge in [0.15, 0.2) is 0 Å². The Hall–Kier alpha value is -1.65.